The number of hydrogen-bond donors (Lipinski definition) is 1. The highest BCUT2D eigenvalue weighted by Gasteiger charge is 2.28. The monoisotopic (exact) mass is 207 g/mol. The molecule has 1 saturated heterocycles. The number of nitrogens with one attached hydrogen (secondary N) is 1. The lowest BCUT2D eigenvalue weighted by Gasteiger charge is -2.35. The standard InChI is InChI=1S/C13H18FN/c1-9-7-15-8-10(2)13(9)11-3-5-12(14)6-4-11/h3-6,9-10,13,15H,7-8H2,1-2H3. The van der Waals surface area contributed by atoms with Crippen LogP contribution in [0.25, 0.3) is 0 Å². The fraction of sp³-hybridized carbons (Fsp3) is 0.538. The van der Waals surface area contributed by atoms with E-state index in [0.29, 0.717) is 17.8 Å². The Kier molecular flexibility index (Phi) is 3.06. The Hall–Kier alpha value is -0.890. The van der Waals surface area contributed by atoms with Gasteiger partial charge in [0.05, 0.1) is 0 Å². The molecule has 1 N–H and O–H groups in total. The molecule has 0 spiro atoms. The molecule has 0 bridgehead atoms. The molecule has 1 aliphatic rings. The summed E-state index contributed by atoms with van der Waals surface area (Å²) in [5.41, 5.74) is 1.28. The number of piperidine rings is 1. The average molecular weight is 207 g/mol. The van der Waals surface area contributed by atoms with Gasteiger partial charge in [0.15, 0.2) is 0 Å². The summed E-state index contributed by atoms with van der Waals surface area (Å²) in [6.45, 7) is 6.64. The van der Waals surface area contributed by atoms with Gasteiger partial charge < -0.3 is 5.32 Å². The van der Waals surface area contributed by atoms with Crippen molar-refractivity contribution >= 4 is 0 Å². The third kappa shape index (κ3) is 2.20. The Labute approximate surface area is 90.7 Å². The van der Waals surface area contributed by atoms with Gasteiger partial charge in [-0.1, -0.05) is 26.0 Å². The molecule has 2 atom stereocenters. The topological polar surface area (TPSA) is 12.0 Å². The van der Waals surface area contributed by atoms with Gasteiger partial charge in [-0.05, 0) is 48.5 Å². The third-order valence-electron chi connectivity index (χ3n) is 3.41. The second kappa shape index (κ2) is 4.31. The summed E-state index contributed by atoms with van der Waals surface area (Å²) in [5.74, 6) is 1.67. The van der Waals surface area contributed by atoms with E-state index in [1.807, 2.05) is 12.1 Å². The molecule has 2 unspecified atom stereocenters. The van der Waals surface area contributed by atoms with Gasteiger partial charge >= 0.3 is 0 Å². The Balaban J connectivity index is 2.23. The number of benzene rings is 1. The van der Waals surface area contributed by atoms with E-state index < -0.39 is 0 Å². The van der Waals surface area contributed by atoms with Crippen LogP contribution in [-0.2, 0) is 0 Å². The third-order valence-corrected chi connectivity index (χ3v) is 3.41. The summed E-state index contributed by atoms with van der Waals surface area (Å²) in [6.07, 6.45) is 0. The minimum absolute atomic E-state index is 0.145. The van der Waals surface area contributed by atoms with Crippen LogP contribution in [0.2, 0.25) is 0 Å². The predicted octanol–water partition coefficient (Wildman–Crippen LogP) is 2.78. The van der Waals surface area contributed by atoms with Crippen molar-refractivity contribution in [1.82, 2.24) is 5.32 Å². The van der Waals surface area contributed by atoms with Crippen LogP contribution in [0.3, 0.4) is 0 Å². The van der Waals surface area contributed by atoms with Crippen molar-refractivity contribution < 1.29 is 4.39 Å². The van der Waals surface area contributed by atoms with Gasteiger partial charge in [-0.2, -0.15) is 0 Å². The molecular weight excluding hydrogens is 189 g/mol. The Morgan fingerprint density at radius 3 is 2.13 bits per heavy atom. The molecule has 1 heterocycles. The first-order chi connectivity index (χ1) is 7.18. The summed E-state index contributed by atoms with van der Waals surface area (Å²) >= 11 is 0. The highest BCUT2D eigenvalue weighted by atomic mass is 19.1. The lowest BCUT2D eigenvalue weighted by atomic mass is 9.76. The second-order valence-electron chi connectivity index (χ2n) is 4.69. The quantitative estimate of drug-likeness (QED) is 0.746. The van der Waals surface area contributed by atoms with Gasteiger partial charge in [0.25, 0.3) is 0 Å². The van der Waals surface area contributed by atoms with E-state index in [1.54, 1.807) is 12.1 Å². The van der Waals surface area contributed by atoms with E-state index in [-0.39, 0.29) is 5.82 Å². The molecule has 0 aliphatic carbocycles. The largest absolute Gasteiger partial charge is 0.316 e. The summed E-state index contributed by atoms with van der Waals surface area (Å²) in [7, 11) is 0. The molecule has 1 aliphatic heterocycles. The smallest absolute Gasteiger partial charge is 0.123 e. The zero-order chi connectivity index (χ0) is 10.8. The van der Waals surface area contributed by atoms with E-state index in [0.717, 1.165) is 13.1 Å². The van der Waals surface area contributed by atoms with Crippen LogP contribution >= 0.6 is 0 Å². The van der Waals surface area contributed by atoms with Crippen LogP contribution < -0.4 is 5.32 Å². The van der Waals surface area contributed by atoms with E-state index in [2.05, 4.69) is 19.2 Å². The summed E-state index contributed by atoms with van der Waals surface area (Å²) in [6, 6.07) is 6.99. The van der Waals surface area contributed by atoms with Crippen molar-refractivity contribution in [3.05, 3.63) is 35.6 Å². The molecule has 0 radical (unpaired) electrons. The fourth-order valence-electron chi connectivity index (χ4n) is 2.70. The molecule has 2 rings (SSSR count). The minimum Gasteiger partial charge on any atom is -0.316 e. The molecule has 15 heavy (non-hydrogen) atoms. The zero-order valence-corrected chi connectivity index (χ0v) is 9.33. The molecule has 1 nitrogen and oxygen atoms in total. The van der Waals surface area contributed by atoms with Crippen LogP contribution in [-0.4, -0.2) is 13.1 Å². The van der Waals surface area contributed by atoms with Gasteiger partial charge in [-0.3, -0.25) is 0 Å². The van der Waals surface area contributed by atoms with Crippen LogP contribution in [0.1, 0.15) is 25.3 Å². The maximum absolute atomic E-state index is 12.8. The molecule has 2 heteroatoms. The Morgan fingerprint density at radius 1 is 1.07 bits per heavy atom. The fourth-order valence-corrected chi connectivity index (χ4v) is 2.70. The number of rotatable bonds is 1. The van der Waals surface area contributed by atoms with Crippen molar-refractivity contribution in [1.29, 1.82) is 0 Å². The first-order valence-electron chi connectivity index (χ1n) is 5.64. The van der Waals surface area contributed by atoms with Gasteiger partial charge in [0, 0.05) is 0 Å². The zero-order valence-electron chi connectivity index (χ0n) is 9.33. The van der Waals surface area contributed by atoms with Gasteiger partial charge in [0.2, 0.25) is 0 Å². The van der Waals surface area contributed by atoms with Crippen LogP contribution in [0.5, 0.6) is 0 Å². The number of hydrogen-bond acceptors (Lipinski definition) is 1. The van der Waals surface area contributed by atoms with Crippen LogP contribution in [0, 0.1) is 17.7 Å². The SMILES string of the molecule is CC1CNCC(C)C1c1ccc(F)cc1. The number of halogens is 1. The van der Waals surface area contributed by atoms with E-state index >= 15 is 0 Å². The van der Waals surface area contributed by atoms with Crippen molar-refractivity contribution in [2.75, 3.05) is 13.1 Å². The van der Waals surface area contributed by atoms with Crippen LogP contribution in [0.15, 0.2) is 24.3 Å². The lowest BCUT2D eigenvalue weighted by Crippen LogP contribution is -2.39. The van der Waals surface area contributed by atoms with E-state index in [9.17, 15) is 4.39 Å². The molecule has 1 aromatic carbocycles. The maximum Gasteiger partial charge on any atom is 0.123 e. The molecule has 1 fully saturated rings. The molecule has 0 amide bonds. The van der Waals surface area contributed by atoms with Crippen LogP contribution in [0.4, 0.5) is 4.39 Å². The average Bonchev–Trinajstić information content (AvgIpc) is 2.20. The van der Waals surface area contributed by atoms with E-state index in [1.165, 1.54) is 5.56 Å². The normalized spacial score (nSPS) is 31.5. The first kappa shape index (κ1) is 10.6. The van der Waals surface area contributed by atoms with Gasteiger partial charge in [0.1, 0.15) is 5.82 Å². The molecule has 82 valence electrons. The molecule has 0 saturated carbocycles. The molecule has 1 aromatic rings. The summed E-state index contributed by atoms with van der Waals surface area (Å²) in [5, 5.41) is 3.42. The summed E-state index contributed by atoms with van der Waals surface area (Å²) in [4.78, 5) is 0. The van der Waals surface area contributed by atoms with Crippen molar-refractivity contribution in [2.45, 2.75) is 19.8 Å². The van der Waals surface area contributed by atoms with Gasteiger partial charge in [-0.25, -0.2) is 4.39 Å². The Morgan fingerprint density at radius 2 is 1.60 bits per heavy atom. The molecule has 0 aromatic heterocycles. The second-order valence-corrected chi connectivity index (χ2v) is 4.69. The maximum atomic E-state index is 12.8. The highest BCUT2D eigenvalue weighted by Crippen LogP contribution is 2.34. The van der Waals surface area contributed by atoms with Crippen molar-refractivity contribution in [3.8, 4) is 0 Å². The highest BCUT2D eigenvalue weighted by molar-refractivity contribution is 5.22. The summed E-state index contributed by atoms with van der Waals surface area (Å²) < 4.78 is 12.8. The van der Waals surface area contributed by atoms with Crippen molar-refractivity contribution in [3.63, 3.8) is 0 Å². The first-order valence-corrected chi connectivity index (χ1v) is 5.64. The Bertz CT molecular complexity index is 310. The van der Waals surface area contributed by atoms with Crippen molar-refractivity contribution in [2.24, 2.45) is 11.8 Å². The minimum atomic E-state index is -0.145. The lowest BCUT2D eigenvalue weighted by molar-refractivity contribution is 0.268. The van der Waals surface area contributed by atoms with E-state index in [4.69, 9.17) is 0 Å². The predicted molar refractivity (Wildman–Crippen MR) is 60.3 cm³/mol. The van der Waals surface area contributed by atoms with Gasteiger partial charge in [-0.15, -0.1) is 0 Å². The molecular formula is C13H18FN.